The molecule has 3 aromatic rings. The van der Waals surface area contributed by atoms with Gasteiger partial charge in [0.15, 0.2) is 0 Å². The van der Waals surface area contributed by atoms with Crippen LogP contribution in [-0.4, -0.2) is 4.98 Å². The molecule has 0 aliphatic rings. The predicted octanol–water partition coefficient (Wildman–Crippen LogP) is 3.29. The highest BCUT2D eigenvalue weighted by Gasteiger charge is 2.07. The molecule has 0 radical (unpaired) electrons. The van der Waals surface area contributed by atoms with Crippen molar-refractivity contribution in [3.05, 3.63) is 60.3 Å². The lowest BCUT2D eigenvalue weighted by atomic mass is 9.98. The zero-order chi connectivity index (χ0) is 11.7. The maximum absolute atomic E-state index is 5.80. The first-order valence-electron chi connectivity index (χ1n) is 5.74. The largest absolute Gasteiger partial charge is 0.361 e. The number of para-hydroxylation sites is 1. The molecule has 0 saturated carbocycles. The Hall–Kier alpha value is -2.06. The lowest BCUT2D eigenvalue weighted by molar-refractivity contribution is 1.07. The molecule has 1 heterocycles. The van der Waals surface area contributed by atoms with Crippen LogP contribution in [0, 0.1) is 0 Å². The van der Waals surface area contributed by atoms with Crippen molar-refractivity contribution in [2.75, 3.05) is 0 Å². The highest BCUT2D eigenvalue weighted by Crippen LogP contribution is 2.29. The Kier molecular flexibility index (Phi) is 2.42. The number of aromatic nitrogens is 1. The van der Waals surface area contributed by atoms with Crippen molar-refractivity contribution in [2.45, 2.75) is 6.54 Å². The fourth-order valence-corrected chi connectivity index (χ4v) is 2.27. The topological polar surface area (TPSA) is 41.8 Å². The molecule has 0 atom stereocenters. The van der Waals surface area contributed by atoms with Gasteiger partial charge >= 0.3 is 0 Å². The molecule has 3 rings (SSSR count). The van der Waals surface area contributed by atoms with Crippen LogP contribution in [0.5, 0.6) is 0 Å². The molecule has 3 N–H and O–H groups in total. The van der Waals surface area contributed by atoms with Crippen molar-refractivity contribution in [3.8, 4) is 11.1 Å². The number of nitrogens with one attached hydrogen (secondary N) is 1. The molecule has 2 aromatic carbocycles. The molecule has 0 bridgehead atoms. The van der Waals surface area contributed by atoms with Gasteiger partial charge in [-0.1, -0.05) is 42.5 Å². The van der Waals surface area contributed by atoms with E-state index >= 15 is 0 Å². The van der Waals surface area contributed by atoms with E-state index in [9.17, 15) is 0 Å². The second-order valence-electron chi connectivity index (χ2n) is 4.11. The third-order valence-corrected chi connectivity index (χ3v) is 3.11. The van der Waals surface area contributed by atoms with Crippen LogP contribution in [0.3, 0.4) is 0 Å². The summed E-state index contributed by atoms with van der Waals surface area (Å²) in [5.41, 5.74) is 10.6. The Bertz CT molecular complexity index is 653. The monoisotopic (exact) mass is 222 g/mol. The van der Waals surface area contributed by atoms with Gasteiger partial charge in [0.05, 0.1) is 5.52 Å². The molecule has 0 aliphatic carbocycles. The molecule has 0 saturated heterocycles. The van der Waals surface area contributed by atoms with Gasteiger partial charge in [0.2, 0.25) is 0 Å². The average Bonchev–Trinajstić information content (AvgIpc) is 2.86. The van der Waals surface area contributed by atoms with E-state index in [-0.39, 0.29) is 0 Å². The first kappa shape index (κ1) is 10.1. The Morgan fingerprint density at radius 3 is 2.59 bits per heavy atom. The molecule has 17 heavy (non-hydrogen) atoms. The van der Waals surface area contributed by atoms with Crippen molar-refractivity contribution >= 4 is 10.9 Å². The molecule has 0 spiro atoms. The Labute approximate surface area is 100 Å². The summed E-state index contributed by atoms with van der Waals surface area (Å²) in [6.45, 7) is 0.563. The van der Waals surface area contributed by atoms with Gasteiger partial charge in [-0.3, -0.25) is 0 Å². The van der Waals surface area contributed by atoms with Crippen molar-refractivity contribution in [1.82, 2.24) is 4.98 Å². The van der Waals surface area contributed by atoms with Crippen molar-refractivity contribution < 1.29 is 0 Å². The molecule has 2 nitrogen and oxygen atoms in total. The second kappa shape index (κ2) is 4.07. The van der Waals surface area contributed by atoms with Crippen LogP contribution in [0.4, 0.5) is 0 Å². The minimum absolute atomic E-state index is 0.563. The van der Waals surface area contributed by atoms with E-state index in [1.165, 1.54) is 27.6 Å². The lowest BCUT2D eigenvalue weighted by Crippen LogP contribution is -1.98. The van der Waals surface area contributed by atoms with Crippen LogP contribution in [-0.2, 0) is 6.54 Å². The number of H-pyrrole nitrogens is 1. The summed E-state index contributed by atoms with van der Waals surface area (Å²) in [6, 6.07) is 16.7. The molecule has 1 aromatic heterocycles. The second-order valence-corrected chi connectivity index (χ2v) is 4.11. The minimum Gasteiger partial charge on any atom is -0.361 e. The standard InChI is InChI=1S/C15H14N2/c16-10-12-4-1-2-6-13(12)14-7-3-5-11-8-9-17-15(11)14/h1-9,17H,10,16H2. The van der Waals surface area contributed by atoms with Crippen LogP contribution in [0.1, 0.15) is 5.56 Å². The third-order valence-electron chi connectivity index (χ3n) is 3.11. The number of hydrogen-bond donors (Lipinski definition) is 2. The summed E-state index contributed by atoms with van der Waals surface area (Å²) in [5.74, 6) is 0. The zero-order valence-corrected chi connectivity index (χ0v) is 9.48. The van der Waals surface area contributed by atoms with Gasteiger partial charge in [0.1, 0.15) is 0 Å². The van der Waals surface area contributed by atoms with Gasteiger partial charge in [-0.2, -0.15) is 0 Å². The van der Waals surface area contributed by atoms with E-state index in [4.69, 9.17) is 5.73 Å². The highest BCUT2D eigenvalue weighted by molar-refractivity contribution is 5.94. The lowest BCUT2D eigenvalue weighted by Gasteiger charge is -2.08. The Morgan fingerprint density at radius 2 is 1.71 bits per heavy atom. The first-order chi connectivity index (χ1) is 8.40. The van der Waals surface area contributed by atoms with Gasteiger partial charge < -0.3 is 10.7 Å². The molecule has 0 unspecified atom stereocenters. The fourth-order valence-electron chi connectivity index (χ4n) is 2.27. The van der Waals surface area contributed by atoms with Crippen LogP contribution in [0.25, 0.3) is 22.0 Å². The number of aromatic amines is 1. The normalized spacial score (nSPS) is 10.9. The van der Waals surface area contributed by atoms with Gasteiger partial charge in [0.25, 0.3) is 0 Å². The number of nitrogens with two attached hydrogens (primary N) is 1. The molecule has 2 heteroatoms. The van der Waals surface area contributed by atoms with Crippen LogP contribution < -0.4 is 5.73 Å². The maximum Gasteiger partial charge on any atom is 0.0533 e. The van der Waals surface area contributed by atoms with Crippen molar-refractivity contribution in [3.63, 3.8) is 0 Å². The number of fused-ring (bicyclic) bond motifs is 1. The van der Waals surface area contributed by atoms with E-state index in [1.807, 2.05) is 12.3 Å². The molecule has 0 fully saturated rings. The maximum atomic E-state index is 5.80. The number of benzene rings is 2. The molecular weight excluding hydrogens is 208 g/mol. The Morgan fingerprint density at radius 1 is 0.882 bits per heavy atom. The van der Waals surface area contributed by atoms with Crippen LogP contribution in [0.15, 0.2) is 54.7 Å². The van der Waals surface area contributed by atoms with E-state index in [2.05, 4.69) is 47.4 Å². The molecule has 0 aliphatic heterocycles. The molecule has 0 amide bonds. The van der Waals surface area contributed by atoms with E-state index in [1.54, 1.807) is 0 Å². The van der Waals surface area contributed by atoms with Crippen LogP contribution >= 0.6 is 0 Å². The third kappa shape index (κ3) is 1.63. The summed E-state index contributed by atoms with van der Waals surface area (Å²) in [5, 5.41) is 1.23. The van der Waals surface area contributed by atoms with Gasteiger partial charge in [-0.25, -0.2) is 0 Å². The molecule has 84 valence electrons. The summed E-state index contributed by atoms with van der Waals surface area (Å²) in [6.07, 6.45) is 1.97. The summed E-state index contributed by atoms with van der Waals surface area (Å²) < 4.78 is 0. The number of hydrogen-bond acceptors (Lipinski definition) is 1. The molecular formula is C15H14N2. The van der Waals surface area contributed by atoms with Gasteiger partial charge in [-0.15, -0.1) is 0 Å². The van der Waals surface area contributed by atoms with Crippen molar-refractivity contribution in [1.29, 1.82) is 0 Å². The highest BCUT2D eigenvalue weighted by atomic mass is 14.7. The summed E-state index contributed by atoms with van der Waals surface area (Å²) >= 11 is 0. The van der Waals surface area contributed by atoms with Gasteiger partial charge in [0, 0.05) is 18.3 Å². The first-order valence-corrected chi connectivity index (χ1v) is 5.74. The van der Waals surface area contributed by atoms with E-state index in [0.717, 1.165) is 0 Å². The quantitative estimate of drug-likeness (QED) is 0.686. The number of rotatable bonds is 2. The summed E-state index contributed by atoms with van der Waals surface area (Å²) in [4.78, 5) is 3.30. The van der Waals surface area contributed by atoms with Crippen LogP contribution in [0.2, 0.25) is 0 Å². The van der Waals surface area contributed by atoms with E-state index < -0.39 is 0 Å². The minimum atomic E-state index is 0.563. The average molecular weight is 222 g/mol. The smallest absolute Gasteiger partial charge is 0.0533 e. The van der Waals surface area contributed by atoms with Gasteiger partial charge in [-0.05, 0) is 22.6 Å². The van der Waals surface area contributed by atoms with Crippen molar-refractivity contribution in [2.24, 2.45) is 5.73 Å². The summed E-state index contributed by atoms with van der Waals surface area (Å²) in [7, 11) is 0. The zero-order valence-electron chi connectivity index (χ0n) is 9.48. The predicted molar refractivity (Wildman–Crippen MR) is 71.6 cm³/mol. The fraction of sp³-hybridized carbons (Fsp3) is 0.0667. The SMILES string of the molecule is NCc1ccccc1-c1cccc2cc[nH]c12. The Balaban J connectivity index is 2.30. The van der Waals surface area contributed by atoms with E-state index in [0.29, 0.717) is 6.54 Å².